The largest absolute Gasteiger partial charge is 0.481 e. The van der Waals surface area contributed by atoms with Crippen LogP contribution in [0.15, 0.2) is 22.7 Å². The van der Waals surface area contributed by atoms with Gasteiger partial charge in [0.25, 0.3) is 0 Å². The molecule has 0 aliphatic rings. The summed E-state index contributed by atoms with van der Waals surface area (Å²) in [6.07, 6.45) is 0. The first-order valence-corrected chi connectivity index (χ1v) is 5.52. The van der Waals surface area contributed by atoms with Gasteiger partial charge in [-0.05, 0) is 32.0 Å². The van der Waals surface area contributed by atoms with Crippen molar-refractivity contribution in [1.82, 2.24) is 0 Å². The molecule has 3 heteroatoms. The van der Waals surface area contributed by atoms with Crippen LogP contribution in [-0.4, -0.2) is 6.61 Å². The number of halogens is 1. The second-order valence-corrected chi connectivity index (χ2v) is 4.10. The van der Waals surface area contributed by atoms with Crippen molar-refractivity contribution < 1.29 is 4.74 Å². The normalized spacial score (nSPS) is 11.5. The highest BCUT2D eigenvalue weighted by atomic mass is 79.9. The molecular formula is C12H14BrNO. The maximum absolute atomic E-state index is 5.85. The van der Waals surface area contributed by atoms with E-state index in [1.807, 2.05) is 25.1 Å². The van der Waals surface area contributed by atoms with Crippen LogP contribution in [0.1, 0.15) is 25.5 Å². The van der Waals surface area contributed by atoms with Gasteiger partial charge in [0.15, 0.2) is 0 Å². The topological polar surface area (TPSA) is 35.2 Å². The number of rotatable bonds is 3. The summed E-state index contributed by atoms with van der Waals surface area (Å²) in [4.78, 5) is 0. The molecule has 2 nitrogen and oxygen atoms in total. The van der Waals surface area contributed by atoms with Crippen LogP contribution in [0.2, 0.25) is 0 Å². The molecule has 1 unspecified atom stereocenters. The molecule has 1 rings (SSSR count). The fraction of sp³-hybridized carbons (Fsp3) is 0.333. The van der Waals surface area contributed by atoms with E-state index in [4.69, 9.17) is 10.5 Å². The molecule has 0 amide bonds. The zero-order valence-corrected chi connectivity index (χ0v) is 10.5. The van der Waals surface area contributed by atoms with Crippen LogP contribution in [-0.2, 0) is 0 Å². The lowest BCUT2D eigenvalue weighted by atomic mass is 10.1. The number of hydrogen-bond acceptors (Lipinski definition) is 2. The molecule has 0 saturated heterocycles. The van der Waals surface area contributed by atoms with Gasteiger partial charge in [0.2, 0.25) is 0 Å². The van der Waals surface area contributed by atoms with Gasteiger partial charge >= 0.3 is 0 Å². The highest BCUT2D eigenvalue weighted by Crippen LogP contribution is 2.27. The van der Waals surface area contributed by atoms with Gasteiger partial charge in [-0.25, -0.2) is 0 Å². The van der Waals surface area contributed by atoms with Crippen LogP contribution in [0.5, 0.6) is 5.75 Å². The molecule has 2 N–H and O–H groups in total. The summed E-state index contributed by atoms with van der Waals surface area (Å²) in [6, 6.07) is 5.76. The van der Waals surface area contributed by atoms with E-state index < -0.39 is 0 Å². The Bertz CT molecular complexity index is 390. The molecule has 80 valence electrons. The predicted molar refractivity (Wildman–Crippen MR) is 65.7 cm³/mol. The van der Waals surface area contributed by atoms with Crippen molar-refractivity contribution in [2.75, 3.05) is 6.61 Å². The van der Waals surface area contributed by atoms with Gasteiger partial charge in [0.05, 0.1) is 0 Å². The lowest BCUT2D eigenvalue weighted by molar-refractivity contribution is 0.364. The van der Waals surface area contributed by atoms with Gasteiger partial charge < -0.3 is 10.5 Å². The molecule has 0 fully saturated rings. The van der Waals surface area contributed by atoms with Crippen LogP contribution in [0, 0.1) is 11.8 Å². The highest BCUT2D eigenvalue weighted by molar-refractivity contribution is 9.10. The molecule has 0 heterocycles. The smallest absolute Gasteiger partial charge is 0.149 e. The first-order chi connectivity index (χ1) is 7.15. The quantitative estimate of drug-likeness (QED) is 0.855. The average Bonchev–Trinajstić information content (AvgIpc) is 2.20. The average molecular weight is 268 g/mol. The Labute approximate surface area is 98.9 Å². The lowest BCUT2D eigenvalue weighted by Gasteiger charge is -2.12. The Balaban J connectivity index is 2.89. The Morgan fingerprint density at radius 3 is 2.87 bits per heavy atom. The third-order valence-corrected chi connectivity index (χ3v) is 2.43. The standard InChI is InChI=1S/C12H14BrNO/c1-3-4-7-15-12-6-5-10(13)8-11(12)9(2)14/h5-6,8-9H,7,14H2,1-2H3. The molecule has 0 spiro atoms. The summed E-state index contributed by atoms with van der Waals surface area (Å²) in [5, 5.41) is 0. The van der Waals surface area contributed by atoms with Crippen LogP contribution >= 0.6 is 15.9 Å². The lowest BCUT2D eigenvalue weighted by Crippen LogP contribution is -2.08. The first kappa shape index (κ1) is 12.1. The van der Waals surface area contributed by atoms with Crippen molar-refractivity contribution in [3.63, 3.8) is 0 Å². The Morgan fingerprint density at radius 2 is 2.27 bits per heavy atom. The third kappa shape index (κ3) is 3.58. The zero-order valence-electron chi connectivity index (χ0n) is 8.88. The van der Waals surface area contributed by atoms with E-state index in [9.17, 15) is 0 Å². The monoisotopic (exact) mass is 267 g/mol. The molecule has 0 radical (unpaired) electrons. The molecule has 0 aromatic heterocycles. The van der Waals surface area contributed by atoms with Crippen LogP contribution < -0.4 is 10.5 Å². The molecule has 1 atom stereocenters. The summed E-state index contributed by atoms with van der Waals surface area (Å²) >= 11 is 3.41. The van der Waals surface area contributed by atoms with Gasteiger partial charge in [0, 0.05) is 16.1 Å². The minimum Gasteiger partial charge on any atom is -0.481 e. The van der Waals surface area contributed by atoms with Crippen LogP contribution in [0.25, 0.3) is 0 Å². The minimum atomic E-state index is -0.0490. The molecule has 0 aliphatic carbocycles. The summed E-state index contributed by atoms with van der Waals surface area (Å²) in [6.45, 7) is 4.12. The molecule has 0 saturated carbocycles. The number of ether oxygens (including phenoxy) is 1. The van der Waals surface area contributed by atoms with Crippen molar-refractivity contribution in [3.05, 3.63) is 28.2 Å². The number of hydrogen-bond donors (Lipinski definition) is 1. The molecule has 1 aromatic rings. The van der Waals surface area contributed by atoms with E-state index in [1.165, 1.54) is 0 Å². The fourth-order valence-corrected chi connectivity index (χ4v) is 1.57. The van der Waals surface area contributed by atoms with Gasteiger partial charge in [-0.3, -0.25) is 0 Å². The van der Waals surface area contributed by atoms with Crippen molar-refractivity contribution in [1.29, 1.82) is 0 Å². The molecule has 15 heavy (non-hydrogen) atoms. The Kier molecular flexibility index (Phi) is 4.67. The fourth-order valence-electron chi connectivity index (χ4n) is 1.19. The summed E-state index contributed by atoms with van der Waals surface area (Å²) in [5.74, 6) is 6.44. The van der Waals surface area contributed by atoms with Gasteiger partial charge in [-0.2, -0.15) is 0 Å². The van der Waals surface area contributed by atoms with E-state index in [1.54, 1.807) is 6.92 Å². The third-order valence-electron chi connectivity index (χ3n) is 1.94. The van der Waals surface area contributed by atoms with Gasteiger partial charge in [-0.1, -0.05) is 21.9 Å². The van der Waals surface area contributed by atoms with E-state index in [-0.39, 0.29) is 6.04 Å². The van der Waals surface area contributed by atoms with Crippen LogP contribution in [0.4, 0.5) is 0 Å². The molecule has 1 aromatic carbocycles. The summed E-state index contributed by atoms with van der Waals surface area (Å²) in [5.41, 5.74) is 6.84. The first-order valence-electron chi connectivity index (χ1n) is 4.72. The maximum atomic E-state index is 5.85. The van der Waals surface area contributed by atoms with Crippen molar-refractivity contribution in [2.45, 2.75) is 19.9 Å². The van der Waals surface area contributed by atoms with E-state index in [0.29, 0.717) is 6.61 Å². The minimum absolute atomic E-state index is 0.0490. The van der Waals surface area contributed by atoms with Crippen molar-refractivity contribution >= 4 is 15.9 Å². The highest BCUT2D eigenvalue weighted by Gasteiger charge is 2.08. The molecular weight excluding hydrogens is 254 g/mol. The molecule has 0 aliphatic heterocycles. The maximum Gasteiger partial charge on any atom is 0.149 e. The van der Waals surface area contributed by atoms with Crippen molar-refractivity contribution in [3.8, 4) is 17.6 Å². The van der Waals surface area contributed by atoms with Gasteiger partial charge in [0.1, 0.15) is 12.4 Å². The summed E-state index contributed by atoms with van der Waals surface area (Å²) < 4.78 is 6.52. The SMILES string of the molecule is CC#CCOc1ccc(Br)cc1C(C)N. The number of benzene rings is 1. The summed E-state index contributed by atoms with van der Waals surface area (Å²) in [7, 11) is 0. The number of nitrogens with two attached hydrogens (primary N) is 1. The van der Waals surface area contributed by atoms with Gasteiger partial charge in [-0.15, -0.1) is 5.92 Å². The predicted octanol–water partition coefficient (Wildman–Crippen LogP) is 2.87. The van der Waals surface area contributed by atoms with E-state index in [0.717, 1.165) is 15.8 Å². The Hall–Kier alpha value is -0.980. The van der Waals surface area contributed by atoms with Crippen molar-refractivity contribution in [2.24, 2.45) is 5.73 Å². The van der Waals surface area contributed by atoms with Crippen LogP contribution in [0.3, 0.4) is 0 Å². The Morgan fingerprint density at radius 1 is 1.53 bits per heavy atom. The van der Waals surface area contributed by atoms with E-state index in [2.05, 4.69) is 27.8 Å². The molecule has 0 bridgehead atoms. The second-order valence-electron chi connectivity index (χ2n) is 3.19. The van der Waals surface area contributed by atoms with E-state index >= 15 is 0 Å². The second kappa shape index (κ2) is 5.79. The zero-order chi connectivity index (χ0) is 11.3.